The Labute approximate surface area is 114 Å². The molecule has 108 valence electrons. The lowest BCUT2D eigenvalue weighted by molar-refractivity contribution is -0.139. The summed E-state index contributed by atoms with van der Waals surface area (Å²) in [5, 5.41) is 3.05. The first-order chi connectivity index (χ1) is 9.22. The zero-order valence-corrected chi connectivity index (χ0v) is 11.6. The number of methoxy groups -OCH3 is 1. The molecule has 0 unspecified atom stereocenters. The van der Waals surface area contributed by atoms with Gasteiger partial charge in [-0.05, 0) is 12.8 Å². The molecule has 6 nitrogen and oxygen atoms in total. The molecule has 1 saturated carbocycles. The van der Waals surface area contributed by atoms with E-state index in [-0.39, 0.29) is 17.7 Å². The normalized spacial score (nSPS) is 19.6. The van der Waals surface area contributed by atoms with Crippen LogP contribution < -0.4 is 5.32 Å². The average molecular weight is 269 g/mol. The summed E-state index contributed by atoms with van der Waals surface area (Å²) < 4.78 is 4.91. The minimum atomic E-state index is 0.106. The third-order valence-corrected chi connectivity index (χ3v) is 3.63. The summed E-state index contributed by atoms with van der Waals surface area (Å²) in [4.78, 5) is 27.5. The fraction of sp³-hybridized carbons (Fsp3) is 0.846. The molecule has 1 saturated heterocycles. The number of carbonyl (C=O) groups is 2. The van der Waals surface area contributed by atoms with Gasteiger partial charge in [0, 0.05) is 45.8 Å². The van der Waals surface area contributed by atoms with Crippen LogP contribution in [0.25, 0.3) is 0 Å². The molecule has 1 aliphatic heterocycles. The molecule has 0 aromatic rings. The first-order valence-corrected chi connectivity index (χ1v) is 6.98. The van der Waals surface area contributed by atoms with Gasteiger partial charge in [-0.2, -0.15) is 0 Å². The molecule has 0 aromatic carbocycles. The summed E-state index contributed by atoms with van der Waals surface area (Å²) in [6.07, 6.45) is 2.09. The molecule has 2 fully saturated rings. The number of amides is 2. The predicted molar refractivity (Wildman–Crippen MR) is 70.6 cm³/mol. The van der Waals surface area contributed by atoms with Crippen molar-refractivity contribution in [3.05, 3.63) is 0 Å². The standard InChI is InChI=1S/C13H23N3O3/c1-19-9-4-14-10-12(17)15-5-7-16(8-6-15)13(18)11-2-3-11/h11,14H,2-10H2,1H3. The van der Waals surface area contributed by atoms with Crippen molar-refractivity contribution >= 4 is 11.8 Å². The zero-order valence-electron chi connectivity index (χ0n) is 11.6. The third kappa shape index (κ3) is 4.18. The molecule has 2 amide bonds. The molecular formula is C13H23N3O3. The van der Waals surface area contributed by atoms with Gasteiger partial charge < -0.3 is 19.9 Å². The molecule has 1 heterocycles. The quantitative estimate of drug-likeness (QED) is 0.648. The molecule has 19 heavy (non-hydrogen) atoms. The van der Waals surface area contributed by atoms with Crippen LogP contribution in [0.15, 0.2) is 0 Å². The molecule has 1 N–H and O–H groups in total. The van der Waals surface area contributed by atoms with Gasteiger partial charge in [0.2, 0.25) is 11.8 Å². The van der Waals surface area contributed by atoms with Crippen molar-refractivity contribution in [2.24, 2.45) is 5.92 Å². The van der Waals surface area contributed by atoms with Crippen molar-refractivity contribution in [2.45, 2.75) is 12.8 Å². The van der Waals surface area contributed by atoms with E-state index in [0.29, 0.717) is 45.9 Å². The maximum absolute atomic E-state index is 11.9. The van der Waals surface area contributed by atoms with Gasteiger partial charge in [-0.15, -0.1) is 0 Å². The fourth-order valence-electron chi connectivity index (χ4n) is 2.25. The zero-order chi connectivity index (χ0) is 13.7. The largest absolute Gasteiger partial charge is 0.383 e. The smallest absolute Gasteiger partial charge is 0.236 e. The van der Waals surface area contributed by atoms with Crippen molar-refractivity contribution < 1.29 is 14.3 Å². The molecular weight excluding hydrogens is 246 g/mol. The van der Waals surface area contributed by atoms with Crippen LogP contribution in [0.2, 0.25) is 0 Å². The Balaban J connectivity index is 1.64. The van der Waals surface area contributed by atoms with Gasteiger partial charge in [0.15, 0.2) is 0 Å². The van der Waals surface area contributed by atoms with Crippen molar-refractivity contribution in [3.63, 3.8) is 0 Å². The first-order valence-electron chi connectivity index (χ1n) is 6.98. The summed E-state index contributed by atoms with van der Waals surface area (Å²) >= 11 is 0. The molecule has 2 rings (SSSR count). The molecule has 0 atom stereocenters. The van der Waals surface area contributed by atoms with E-state index in [1.807, 2.05) is 9.80 Å². The van der Waals surface area contributed by atoms with E-state index in [2.05, 4.69) is 5.32 Å². The van der Waals surface area contributed by atoms with E-state index >= 15 is 0 Å². The number of carbonyl (C=O) groups excluding carboxylic acids is 2. The Morgan fingerprint density at radius 2 is 1.79 bits per heavy atom. The van der Waals surface area contributed by atoms with Crippen LogP contribution in [0.4, 0.5) is 0 Å². The lowest BCUT2D eigenvalue weighted by Crippen LogP contribution is -2.52. The number of hydrogen-bond acceptors (Lipinski definition) is 4. The Bertz CT molecular complexity index is 323. The van der Waals surface area contributed by atoms with Crippen LogP contribution in [0.3, 0.4) is 0 Å². The lowest BCUT2D eigenvalue weighted by atomic mass is 10.2. The van der Waals surface area contributed by atoms with Crippen molar-refractivity contribution in [2.75, 3.05) is 53.0 Å². The van der Waals surface area contributed by atoms with Gasteiger partial charge in [0.05, 0.1) is 13.2 Å². The van der Waals surface area contributed by atoms with Crippen LogP contribution in [-0.2, 0) is 14.3 Å². The number of nitrogens with one attached hydrogen (secondary N) is 1. The highest BCUT2D eigenvalue weighted by molar-refractivity contribution is 5.82. The second-order valence-corrected chi connectivity index (χ2v) is 5.15. The Kier molecular flexibility index (Phi) is 5.15. The summed E-state index contributed by atoms with van der Waals surface area (Å²) in [6, 6.07) is 0. The molecule has 0 aromatic heterocycles. The maximum atomic E-state index is 11.9. The van der Waals surface area contributed by atoms with E-state index in [1.54, 1.807) is 7.11 Å². The highest BCUT2D eigenvalue weighted by atomic mass is 16.5. The van der Waals surface area contributed by atoms with Crippen molar-refractivity contribution in [3.8, 4) is 0 Å². The Morgan fingerprint density at radius 3 is 2.37 bits per heavy atom. The second kappa shape index (κ2) is 6.86. The van der Waals surface area contributed by atoms with Gasteiger partial charge in [0.1, 0.15) is 0 Å². The molecule has 0 radical (unpaired) electrons. The lowest BCUT2D eigenvalue weighted by Gasteiger charge is -2.35. The number of rotatable bonds is 6. The van der Waals surface area contributed by atoms with Crippen LogP contribution in [-0.4, -0.2) is 74.6 Å². The summed E-state index contributed by atoms with van der Waals surface area (Å²) in [5.74, 6) is 0.665. The predicted octanol–water partition coefficient (Wildman–Crippen LogP) is -0.697. The van der Waals surface area contributed by atoms with Crippen molar-refractivity contribution in [1.82, 2.24) is 15.1 Å². The van der Waals surface area contributed by atoms with Crippen molar-refractivity contribution in [1.29, 1.82) is 0 Å². The maximum Gasteiger partial charge on any atom is 0.236 e. The van der Waals surface area contributed by atoms with Crippen LogP contribution >= 0.6 is 0 Å². The number of hydrogen-bond donors (Lipinski definition) is 1. The van der Waals surface area contributed by atoms with Gasteiger partial charge in [-0.25, -0.2) is 0 Å². The van der Waals surface area contributed by atoms with Gasteiger partial charge in [-0.1, -0.05) is 0 Å². The molecule has 1 aliphatic carbocycles. The highest BCUT2D eigenvalue weighted by Crippen LogP contribution is 2.31. The highest BCUT2D eigenvalue weighted by Gasteiger charge is 2.34. The number of ether oxygens (including phenoxy) is 1. The SMILES string of the molecule is COCCNCC(=O)N1CCN(C(=O)C2CC2)CC1. The topological polar surface area (TPSA) is 61.9 Å². The van der Waals surface area contributed by atoms with Gasteiger partial charge in [0.25, 0.3) is 0 Å². The van der Waals surface area contributed by atoms with Crippen LogP contribution in [0.1, 0.15) is 12.8 Å². The molecule has 6 heteroatoms. The minimum absolute atomic E-state index is 0.106. The van der Waals surface area contributed by atoms with E-state index in [1.165, 1.54) is 0 Å². The van der Waals surface area contributed by atoms with E-state index in [9.17, 15) is 9.59 Å². The van der Waals surface area contributed by atoms with E-state index < -0.39 is 0 Å². The second-order valence-electron chi connectivity index (χ2n) is 5.15. The molecule has 2 aliphatic rings. The van der Waals surface area contributed by atoms with Crippen LogP contribution in [0, 0.1) is 5.92 Å². The summed E-state index contributed by atoms with van der Waals surface area (Å²) in [5.41, 5.74) is 0. The van der Waals surface area contributed by atoms with Gasteiger partial charge in [-0.3, -0.25) is 9.59 Å². The molecule has 0 spiro atoms. The molecule has 0 bridgehead atoms. The summed E-state index contributed by atoms with van der Waals surface area (Å²) in [7, 11) is 1.64. The van der Waals surface area contributed by atoms with E-state index in [4.69, 9.17) is 4.74 Å². The van der Waals surface area contributed by atoms with E-state index in [0.717, 1.165) is 12.8 Å². The third-order valence-electron chi connectivity index (χ3n) is 3.63. The summed E-state index contributed by atoms with van der Waals surface area (Å²) in [6.45, 7) is 4.31. The Morgan fingerprint density at radius 1 is 1.16 bits per heavy atom. The fourth-order valence-corrected chi connectivity index (χ4v) is 2.25. The monoisotopic (exact) mass is 269 g/mol. The first kappa shape index (κ1) is 14.3. The van der Waals surface area contributed by atoms with Gasteiger partial charge >= 0.3 is 0 Å². The number of piperazine rings is 1. The average Bonchev–Trinajstić information content (AvgIpc) is 3.27. The minimum Gasteiger partial charge on any atom is -0.383 e. The van der Waals surface area contributed by atoms with Crippen LogP contribution in [0.5, 0.6) is 0 Å². The Hall–Kier alpha value is -1.14. The number of nitrogens with zero attached hydrogens (tertiary/aromatic N) is 2.